The first-order chi connectivity index (χ1) is 3.62. The third-order valence-electron chi connectivity index (χ3n) is 1.09. The third kappa shape index (κ3) is 2.88. The fourth-order valence-electron chi connectivity index (χ4n) is 0.305. The Balaban J connectivity index is 3.78. The second-order valence-electron chi connectivity index (χ2n) is 1.98. The number of rotatable bonds is 2. The van der Waals surface area contributed by atoms with Gasteiger partial charge in [-0.3, -0.25) is 0 Å². The highest BCUT2D eigenvalue weighted by Gasteiger charge is 2.07. The summed E-state index contributed by atoms with van der Waals surface area (Å²) in [6.07, 6.45) is 6.14. The van der Waals surface area contributed by atoms with Crippen molar-refractivity contribution >= 4 is 7.14 Å². The number of hydrogen-bond acceptors (Lipinski definition) is 1. The van der Waals surface area contributed by atoms with Crippen LogP contribution in [0.4, 0.5) is 0 Å². The number of hydrogen-bond donors (Lipinski definition) is 0. The van der Waals surface area contributed by atoms with Gasteiger partial charge in [-0.1, -0.05) is 12.8 Å². The van der Waals surface area contributed by atoms with Crippen molar-refractivity contribution in [3.63, 3.8) is 0 Å². The quantitative estimate of drug-likeness (QED) is 0.410. The van der Waals surface area contributed by atoms with Gasteiger partial charge in [-0.15, -0.1) is 6.42 Å². The van der Waals surface area contributed by atoms with Gasteiger partial charge in [0.25, 0.3) is 0 Å². The van der Waals surface area contributed by atoms with Gasteiger partial charge in [-0.2, -0.15) is 0 Å². The molecule has 0 radical (unpaired) electrons. The topological polar surface area (TPSA) is 17.1 Å². The molecule has 0 fully saturated rings. The summed E-state index contributed by atoms with van der Waals surface area (Å²) in [6, 6.07) is 0. The molecule has 0 heterocycles. The molecule has 1 unspecified atom stereocenters. The summed E-state index contributed by atoms with van der Waals surface area (Å²) in [5.41, 5.74) is 0. The van der Waals surface area contributed by atoms with Crippen LogP contribution in [-0.2, 0) is 4.57 Å². The largest absolute Gasteiger partial charge is 0.323 e. The molecule has 0 N–H and O–H groups in total. The van der Waals surface area contributed by atoms with E-state index in [4.69, 9.17) is 6.42 Å². The molecule has 46 valence electrons. The maximum Gasteiger partial charge on any atom is 0.0958 e. The van der Waals surface area contributed by atoms with Gasteiger partial charge >= 0.3 is 0 Å². The maximum absolute atomic E-state index is 11.0. The highest BCUT2D eigenvalue weighted by molar-refractivity contribution is 7.63. The maximum atomic E-state index is 11.0. The first kappa shape index (κ1) is 7.79. The Hall–Kier alpha value is -0.210. The fourth-order valence-corrected chi connectivity index (χ4v) is 0.915. The molecule has 0 aliphatic heterocycles. The van der Waals surface area contributed by atoms with E-state index in [-0.39, 0.29) is 0 Å². The zero-order valence-electron chi connectivity index (χ0n) is 5.35. The molecule has 0 saturated carbocycles. The van der Waals surface area contributed by atoms with Gasteiger partial charge in [0.1, 0.15) is 0 Å². The first-order valence-corrected chi connectivity index (χ1v) is 5.14. The van der Waals surface area contributed by atoms with Gasteiger partial charge in [-0.25, -0.2) is 0 Å². The fraction of sp³-hybridized carbons (Fsp3) is 0.667. The molecular formula is C6H11OP. The summed E-state index contributed by atoms with van der Waals surface area (Å²) in [5.74, 6) is 2.40. The van der Waals surface area contributed by atoms with Gasteiger partial charge in [0.05, 0.1) is 13.3 Å². The Morgan fingerprint density at radius 3 is 2.38 bits per heavy atom. The summed E-state index contributed by atoms with van der Waals surface area (Å²) < 4.78 is 11.0. The average molecular weight is 130 g/mol. The van der Waals surface area contributed by atoms with Crippen molar-refractivity contribution in [2.24, 2.45) is 0 Å². The number of terminal acetylenes is 1. The Bertz CT molecular complexity index is 143. The highest BCUT2D eigenvalue weighted by atomic mass is 31.2. The van der Waals surface area contributed by atoms with Gasteiger partial charge in [0.15, 0.2) is 0 Å². The van der Waals surface area contributed by atoms with Gasteiger partial charge in [0, 0.05) is 0 Å². The molecule has 0 aromatic rings. The van der Waals surface area contributed by atoms with Crippen molar-refractivity contribution in [1.82, 2.24) is 0 Å². The standard InChI is InChI=1S/C6H11OP/c1-4-6-8(3,7)5-2/h1H,5-6H2,2-3H3. The average Bonchev–Trinajstić information content (AvgIpc) is 1.67. The van der Waals surface area contributed by atoms with Crippen LogP contribution in [0.25, 0.3) is 0 Å². The molecule has 0 spiro atoms. The Kier molecular flexibility index (Phi) is 2.87. The summed E-state index contributed by atoms with van der Waals surface area (Å²) >= 11 is 0. The van der Waals surface area contributed by atoms with Crippen LogP contribution >= 0.6 is 7.14 Å². The van der Waals surface area contributed by atoms with Crippen LogP contribution in [0.5, 0.6) is 0 Å². The lowest BCUT2D eigenvalue weighted by atomic mass is 10.8. The van der Waals surface area contributed by atoms with Crippen molar-refractivity contribution in [3.05, 3.63) is 0 Å². The van der Waals surface area contributed by atoms with E-state index in [9.17, 15) is 4.57 Å². The van der Waals surface area contributed by atoms with Crippen molar-refractivity contribution in [3.8, 4) is 12.3 Å². The molecule has 0 amide bonds. The minimum Gasteiger partial charge on any atom is -0.323 e. The second kappa shape index (κ2) is 2.95. The van der Waals surface area contributed by atoms with E-state index >= 15 is 0 Å². The lowest BCUT2D eigenvalue weighted by Crippen LogP contribution is -1.85. The van der Waals surface area contributed by atoms with E-state index in [1.54, 1.807) is 6.66 Å². The Morgan fingerprint density at radius 1 is 1.75 bits per heavy atom. The Morgan fingerprint density at radius 2 is 2.25 bits per heavy atom. The molecule has 0 aliphatic rings. The predicted molar refractivity (Wildman–Crippen MR) is 37.8 cm³/mol. The minimum atomic E-state index is -1.91. The van der Waals surface area contributed by atoms with E-state index in [1.165, 1.54) is 0 Å². The van der Waals surface area contributed by atoms with E-state index < -0.39 is 7.14 Å². The van der Waals surface area contributed by atoms with Gasteiger partial charge in [0.2, 0.25) is 0 Å². The monoisotopic (exact) mass is 130 g/mol. The van der Waals surface area contributed by atoms with Crippen molar-refractivity contribution in [2.75, 3.05) is 19.0 Å². The molecule has 0 aromatic carbocycles. The smallest absolute Gasteiger partial charge is 0.0958 e. The molecule has 0 rings (SSSR count). The van der Waals surface area contributed by atoms with Gasteiger partial charge < -0.3 is 4.57 Å². The van der Waals surface area contributed by atoms with Crippen LogP contribution in [0, 0.1) is 12.3 Å². The Labute approximate surface area is 50.9 Å². The van der Waals surface area contributed by atoms with E-state index in [2.05, 4.69) is 5.92 Å². The van der Waals surface area contributed by atoms with Crippen LogP contribution in [0.2, 0.25) is 0 Å². The zero-order valence-corrected chi connectivity index (χ0v) is 6.24. The van der Waals surface area contributed by atoms with Crippen molar-refractivity contribution < 1.29 is 4.57 Å². The summed E-state index contributed by atoms with van der Waals surface area (Å²) in [4.78, 5) is 0. The molecule has 2 heteroatoms. The van der Waals surface area contributed by atoms with Crippen LogP contribution < -0.4 is 0 Å². The van der Waals surface area contributed by atoms with E-state index in [1.807, 2.05) is 6.92 Å². The third-order valence-corrected chi connectivity index (χ3v) is 3.28. The van der Waals surface area contributed by atoms with Crippen LogP contribution in [0.3, 0.4) is 0 Å². The predicted octanol–water partition coefficient (Wildman–Crippen LogP) is 1.63. The molecule has 0 aromatic heterocycles. The summed E-state index contributed by atoms with van der Waals surface area (Å²) in [5, 5.41) is 0. The lowest BCUT2D eigenvalue weighted by molar-refractivity contribution is 0.581. The van der Waals surface area contributed by atoms with Crippen LogP contribution in [0.1, 0.15) is 6.92 Å². The zero-order chi connectivity index (χ0) is 6.62. The molecule has 0 saturated heterocycles. The lowest BCUT2D eigenvalue weighted by Gasteiger charge is -2.02. The normalized spacial score (nSPS) is 16.6. The molecule has 1 nitrogen and oxygen atoms in total. The van der Waals surface area contributed by atoms with Crippen molar-refractivity contribution in [1.29, 1.82) is 0 Å². The molecule has 0 bridgehead atoms. The summed E-state index contributed by atoms with van der Waals surface area (Å²) in [7, 11) is -1.91. The molecule has 1 atom stereocenters. The van der Waals surface area contributed by atoms with Crippen LogP contribution in [-0.4, -0.2) is 19.0 Å². The molecular weight excluding hydrogens is 119 g/mol. The highest BCUT2D eigenvalue weighted by Crippen LogP contribution is 2.38. The van der Waals surface area contributed by atoms with Crippen molar-refractivity contribution in [2.45, 2.75) is 6.92 Å². The summed E-state index contributed by atoms with van der Waals surface area (Å²) in [6.45, 7) is 3.64. The van der Waals surface area contributed by atoms with E-state index in [0.717, 1.165) is 6.16 Å². The SMILES string of the molecule is C#CCP(C)(=O)CC. The van der Waals surface area contributed by atoms with Gasteiger partial charge in [-0.05, 0) is 12.8 Å². The minimum absolute atomic E-state index is 0.448. The first-order valence-electron chi connectivity index (χ1n) is 2.61. The second-order valence-corrected chi connectivity index (χ2v) is 5.52. The molecule has 8 heavy (non-hydrogen) atoms. The van der Waals surface area contributed by atoms with E-state index in [0.29, 0.717) is 6.16 Å². The molecule has 0 aliphatic carbocycles. The van der Waals surface area contributed by atoms with Crippen LogP contribution in [0.15, 0.2) is 0 Å².